The third kappa shape index (κ3) is 2.61. The van der Waals surface area contributed by atoms with Crippen LogP contribution in [0.2, 0.25) is 5.02 Å². The Labute approximate surface area is 107 Å². The van der Waals surface area contributed by atoms with Gasteiger partial charge in [-0.15, -0.1) is 0 Å². The van der Waals surface area contributed by atoms with Gasteiger partial charge in [-0.25, -0.2) is 4.98 Å². The van der Waals surface area contributed by atoms with Crippen LogP contribution in [0.5, 0.6) is 0 Å². The number of hydrogen-bond acceptors (Lipinski definition) is 4. The maximum Gasteiger partial charge on any atom is 0.262 e. The molecule has 0 aliphatic heterocycles. The number of hydrogen-bond donors (Lipinski definition) is 1. The van der Waals surface area contributed by atoms with Gasteiger partial charge in [0.2, 0.25) is 0 Å². The Balaban J connectivity index is 2.23. The number of thiazole rings is 1. The highest BCUT2D eigenvalue weighted by Crippen LogP contribution is 2.28. The van der Waals surface area contributed by atoms with E-state index in [2.05, 4.69) is 10.3 Å². The number of nitrogens with zero attached hydrogens (tertiary/aromatic N) is 1. The van der Waals surface area contributed by atoms with Crippen molar-refractivity contribution in [2.75, 3.05) is 11.9 Å². The maximum absolute atomic E-state index is 5.89. The molecule has 0 aliphatic carbocycles. The van der Waals surface area contributed by atoms with Crippen molar-refractivity contribution in [3.63, 3.8) is 0 Å². The van der Waals surface area contributed by atoms with Crippen LogP contribution >= 0.6 is 35.2 Å². The summed E-state index contributed by atoms with van der Waals surface area (Å²) < 4.78 is 6.15. The molecule has 16 heavy (non-hydrogen) atoms. The molecule has 0 aliphatic rings. The Morgan fingerprint density at radius 2 is 2.44 bits per heavy atom. The Kier molecular flexibility index (Phi) is 3.58. The lowest BCUT2D eigenvalue weighted by Crippen LogP contribution is -2.12. The van der Waals surface area contributed by atoms with Gasteiger partial charge in [0, 0.05) is 5.02 Å². The highest BCUT2D eigenvalue weighted by molar-refractivity contribution is 7.80. The fourth-order valence-corrected chi connectivity index (χ4v) is 2.62. The molecule has 0 saturated heterocycles. The number of ether oxygens (including phenoxy) is 1. The van der Waals surface area contributed by atoms with Crippen molar-refractivity contribution in [1.82, 2.24) is 4.98 Å². The highest BCUT2D eigenvalue weighted by Gasteiger charge is 2.05. The molecule has 2 rings (SSSR count). The average molecular weight is 273 g/mol. The number of thiocarbonyl (C=S) groups is 1. The van der Waals surface area contributed by atoms with Gasteiger partial charge >= 0.3 is 0 Å². The molecule has 0 bridgehead atoms. The number of nitrogens with one attached hydrogen (secondary N) is 1. The minimum Gasteiger partial charge on any atom is -0.471 e. The molecule has 84 valence electrons. The molecule has 1 aromatic carbocycles. The molecule has 0 atom stereocenters. The zero-order chi connectivity index (χ0) is 11.5. The quantitative estimate of drug-likeness (QED) is 0.846. The summed E-state index contributed by atoms with van der Waals surface area (Å²) in [6.07, 6.45) is 0. The molecular formula is C10H9ClN2OS2. The van der Waals surface area contributed by atoms with Crippen LogP contribution in [0.3, 0.4) is 0 Å². The fraction of sp³-hybridized carbons (Fsp3) is 0.200. The minimum absolute atomic E-state index is 0.340. The van der Waals surface area contributed by atoms with Crippen LogP contribution in [-0.4, -0.2) is 16.8 Å². The minimum atomic E-state index is 0.340. The molecule has 0 spiro atoms. The predicted octanol–water partition coefficient (Wildman–Crippen LogP) is 3.68. The molecular weight excluding hydrogens is 264 g/mol. The van der Waals surface area contributed by atoms with Gasteiger partial charge in [0.25, 0.3) is 5.17 Å². The van der Waals surface area contributed by atoms with Crippen molar-refractivity contribution in [2.45, 2.75) is 6.92 Å². The van der Waals surface area contributed by atoms with Gasteiger partial charge < -0.3 is 4.74 Å². The van der Waals surface area contributed by atoms with E-state index < -0.39 is 0 Å². The van der Waals surface area contributed by atoms with Crippen LogP contribution in [0.25, 0.3) is 10.2 Å². The van der Waals surface area contributed by atoms with E-state index in [1.807, 2.05) is 25.1 Å². The van der Waals surface area contributed by atoms with E-state index in [0.717, 1.165) is 15.3 Å². The third-order valence-corrected chi connectivity index (χ3v) is 3.22. The van der Waals surface area contributed by atoms with E-state index >= 15 is 0 Å². The molecule has 0 unspecified atom stereocenters. The Morgan fingerprint density at radius 3 is 3.19 bits per heavy atom. The molecule has 6 heteroatoms. The Morgan fingerprint density at radius 1 is 1.62 bits per heavy atom. The SMILES string of the molecule is CCOC(=S)Nc1nc2ccc(Cl)cc2s1. The summed E-state index contributed by atoms with van der Waals surface area (Å²) in [7, 11) is 0. The first kappa shape index (κ1) is 11.6. The molecule has 1 N–H and O–H groups in total. The monoisotopic (exact) mass is 272 g/mol. The van der Waals surface area contributed by atoms with Crippen molar-refractivity contribution >= 4 is 55.7 Å². The van der Waals surface area contributed by atoms with Crippen molar-refractivity contribution < 1.29 is 4.74 Å². The van der Waals surface area contributed by atoms with E-state index in [9.17, 15) is 0 Å². The average Bonchev–Trinajstić information content (AvgIpc) is 2.59. The first-order valence-electron chi connectivity index (χ1n) is 4.69. The van der Waals surface area contributed by atoms with Crippen LogP contribution in [-0.2, 0) is 4.74 Å². The molecule has 0 saturated carbocycles. The number of rotatable bonds is 2. The van der Waals surface area contributed by atoms with Gasteiger partial charge in [0.15, 0.2) is 5.13 Å². The second-order valence-corrected chi connectivity index (χ2v) is 4.81. The first-order valence-corrected chi connectivity index (χ1v) is 6.29. The highest BCUT2D eigenvalue weighted by atomic mass is 35.5. The molecule has 0 fully saturated rings. The number of benzene rings is 1. The van der Waals surface area contributed by atoms with Crippen LogP contribution < -0.4 is 5.32 Å². The summed E-state index contributed by atoms with van der Waals surface area (Å²) in [5.74, 6) is 0. The van der Waals surface area contributed by atoms with Crippen LogP contribution in [0, 0.1) is 0 Å². The van der Waals surface area contributed by atoms with E-state index in [1.165, 1.54) is 11.3 Å². The van der Waals surface area contributed by atoms with Gasteiger partial charge in [-0.1, -0.05) is 22.9 Å². The standard InChI is InChI=1S/C10H9ClN2OS2/c1-2-14-10(15)13-9-12-7-4-3-6(11)5-8(7)16-9/h3-5H,2H2,1H3,(H,12,13,15). The third-order valence-electron chi connectivity index (χ3n) is 1.83. The fourth-order valence-electron chi connectivity index (χ4n) is 1.21. The second kappa shape index (κ2) is 4.95. The van der Waals surface area contributed by atoms with Crippen molar-refractivity contribution in [3.8, 4) is 0 Å². The summed E-state index contributed by atoms with van der Waals surface area (Å²) in [5, 5.41) is 4.69. The zero-order valence-corrected chi connectivity index (χ0v) is 10.9. The first-order chi connectivity index (χ1) is 7.69. The van der Waals surface area contributed by atoms with E-state index in [-0.39, 0.29) is 0 Å². The van der Waals surface area contributed by atoms with Crippen LogP contribution in [0.15, 0.2) is 18.2 Å². The Hall–Kier alpha value is -0.910. The molecule has 2 aromatic rings. The summed E-state index contributed by atoms with van der Waals surface area (Å²) in [6, 6.07) is 5.57. The van der Waals surface area contributed by atoms with Crippen molar-refractivity contribution in [3.05, 3.63) is 23.2 Å². The number of fused-ring (bicyclic) bond motifs is 1. The molecule has 0 radical (unpaired) electrons. The van der Waals surface area contributed by atoms with E-state index in [0.29, 0.717) is 16.8 Å². The lowest BCUT2D eigenvalue weighted by molar-refractivity contribution is 0.335. The summed E-state index contributed by atoms with van der Waals surface area (Å²) in [5.41, 5.74) is 0.899. The number of aromatic nitrogens is 1. The van der Waals surface area contributed by atoms with Gasteiger partial charge in [-0.3, -0.25) is 5.32 Å². The second-order valence-electron chi connectivity index (χ2n) is 2.98. The van der Waals surface area contributed by atoms with Crippen molar-refractivity contribution in [1.29, 1.82) is 0 Å². The number of halogens is 1. The summed E-state index contributed by atoms with van der Waals surface area (Å²) in [4.78, 5) is 4.36. The lowest BCUT2D eigenvalue weighted by Gasteiger charge is -2.03. The predicted molar refractivity (Wildman–Crippen MR) is 72.5 cm³/mol. The van der Waals surface area contributed by atoms with Gasteiger partial charge in [-0.2, -0.15) is 0 Å². The van der Waals surface area contributed by atoms with Crippen LogP contribution in [0.4, 0.5) is 5.13 Å². The normalized spacial score (nSPS) is 10.4. The van der Waals surface area contributed by atoms with Crippen molar-refractivity contribution in [2.24, 2.45) is 0 Å². The maximum atomic E-state index is 5.89. The van der Waals surface area contributed by atoms with Crippen LogP contribution in [0.1, 0.15) is 6.92 Å². The molecule has 0 amide bonds. The molecule has 1 heterocycles. The number of anilines is 1. The summed E-state index contributed by atoms with van der Waals surface area (Å²) >= 11 is 12.4. The van der Waals surface area contributed by atoms with Gasteiger partial charge in [0.1, 0.15) is 0 Å². The zero-order valence-electron chi connectivity index (χ0n) is 8.49. The largest absolute Gasteiger partial charge is 0.471 e. The molecule has 1 aromatic heterocycles. The van der Waals surface area contributed by atoms with Gasteiger partial charge in [-0.05, 0) is 37.3 Å². The summed E-state index contributed by atoms with van der Waals surface area (Å²) in [6.45, 7) is 2.43. The lowest BCUT2D eigenvalue weighted by atomic mass is 10.3. The van der Waals surface area contributed by atoms with E-state index in [4.69, 9.17) is 28.6 Å². The molecule has 3 nitrogen and oxygen atoms in total. The Bertz CT molecular complexity index is 527. The van der Waals surface area contributed by atoms with Gasteiger partial charge in [0.05, 0.1) is 16.8 Å². The smallest absolute Gasteiger partial charge is 0.262 e. The topological polar surface area (TPSA) is 34.1 Å². The van der Waals surface area contributed by atoms with E-state index in [1.54, 1.807) is 0 Å².